The van der Waals surface area contributed by atoms with E-state index in [1.807, 2.05) is 61.6 Å². The van der Waals surface area contributed by atoms with E-state index in [9.17, 15) is 9.59 Å². The number of hydrogen-bond acceptors (Lipinski definition) is 3. The summed E-state index contributed by atoms with van der Waals surface area (Å²) in [5.41, 5.74) is 2.49. The maximum Gasteiger partial charge on any atom is 0.319 e. The summed E-state index contributed by atoms with van der Waals surface area (Å²) in [5, 5.41) is 14.6. The lowest BCUT2D eigenvalue weighted by atomic mass is 10.0. The van der Waals surface area contributed by atoms with Crippen molar-refractivity contribution in [2.45, 2.75) is 26.3 Å². The number of amides is 3. The lowest BCUT2D eigenvalue weighted by Crippen LogP contribution is -2.49. The first-order valence-corrected chi connectivity index (χ1v) is 8.43. The standard InChI is InChI=1S/C20H22N4O2/c1-3-24(14-21)19(25)18(13-16-10-5-4-6-11-16)23-20(26)22-17-12-8-7-9-15(17)2/h4-12,18H,3,13H2,1-2H3,(H2,22,23,26). The molecule has 0 saturated heterocycles. The minimum absolute atomic E-state index is 0.252. The molecule has 1 unspecified atom stereocenters. The van der Waals surface area contributed by atoms with Crippen molar-refractivity contribution in [3.05, 3.63) is 65.7 Å². The van der Waals surface area contributed by atoms with Gasteiger partial charge in [0.25, 0.3) is 5.91 Å². The summed E-state index contributed by atoms with van der Waals surface area (Å²) in [6, 6.07) is 15.4. The molecule has 0 saturated carbocycles. The van der Waals surface area contributed by atoms with Crippen LogP contribution in [0.3, 0.4) is 0 Å². The zero-order chi connectivity index (χ0) is 18.9. The Morgan fingerprint density at radius 2 is 1.77 bits per heavy atom. The van der Waals surface area contributed by atoms with E-state index in [2.05, 4.69) is 10.6 Å². The summed E-state index contributed by atoms with van der Waals surface area (Å²) in [7, 11) is 0. The van der Waals surface area contributed by atoms with Gasteiger partial charge in [0.1, 0.15) is 6.04 Å². The highest BCUT2D eigenvalue weighted by Crippen LogP contribution is 2.13. The molecule has 6 nitrogen and oxygen atoms in total. The molecule has 2 aromatic rings. The minimum atomic E-state index is -0.832. The van der Waals surface area contributed by atoms with Gasteiger partial charge < -0.3 is 10.6 Å². The van der Waals surface area contributed by atoms with Crippen LogP contribution in [0.1, 0.15) is 18.1 Å². The number of carbonyl (C=O) groups excluding carboxylic acids is 2. The first-order chi connectivity index (χ1) is 12.5. The van der Waals surface area contributed by atoms with Crippen molar-refractivity contribution in [3.8, 4) is 6.19 Å². The number of benzene rings is 2. The second-order valence-electron chi connectivity index (χ2n) is 5.84. The molecule has 134 valence electrons. The molecule has 0 radical (unpaired) electrons. The Balaban J connectivity index is 2.15. The van der Waals surface area contributed by atoms with Crippen LogP contribution in [0, 0.1) is 18.4 Å². The Morgan fingerprint density at radius 3 is 2.38 bits per heavy atom. The van der Waals surface area contributed by atoms with Crippen LogP contribution in [0.5, 0.6) is 0 Å². The molecule has 1 atom stereocenters. The number of hydrogen-bond donors (Lipinski definition) is 2. The van der Waals surface area contributed by atoms with Crippen LogP contribution in [-0.4, -0.2) is 29.4 Å². The molecule has 0 aromatic heterocycles. The summed E-state index contributed by atoms with van der Waals surface area (Å²) in [4.78, 5) is 26.1. The Morgan fingerprint density at radius 1 is 1.12 bits per heavy atom. The Hall–Kier alpha value is -3.33. The van der Waals surface area contributed by atoms with Crippen LogP contribution in [-0.2, 0) is 11.2 Å². The summed E-state index contributed by atoms with van der Waals surface area (Å²) in [5.74, 6) is -0.432. The lowest BCUT2D eigenvalue weighted by Gasteiger charge is -2.22. The van der Waals surface area contributed by atoms with E-state index in [0.29, 0.717) is 12.1 Å². The van der Waals surface area contributed by atoms with Gasteiger partial charge in [-0.15, -0.1) is 0 Å². The van der Waals surface area contributed by atoms with Gasteiger partial charge in [-0.05, 0) is 31.0 Å². The molecule has 2 aromatic carbocycles. The number of rotatable bonds is 6. The molecule has 0 fully saturated rings. The third-order valence-electron chi connectivity index (χ3n) is 3.98. The topological polar surface area (TPSA) is 85.2 Å². The van der Waals surface area contributed by atoms with Crippen molar-refractivity contribution >= 4 is 17.6 Å². The second kappa shape index (κ2) is 9.23. The van der Waals surface area contributed by atoms with Crippen LogP contribution in [0.25, 0.3) is 0 Å². The quantitative estimate of drug-likeness (QED) is 0.620. The van der Waals surface area contributed by atoms with Gasteiger partial charge in [-0.2, -0.15) is 5.26 Å². The van der Waals surface area contributed by atoms with E-state index in [1.165, 1.54) is 0 Å². The molecule has 6 heteroatoms. The molecule has 26 heavy (non-hydrogen) atoms. The molecule has 0 aliphatic rings. The molecule has 2 N–H and O–H groups in total. The SMILES string of the molecule is CCN(C#N)C(=O)C(Cc1ccccc1)NC(=O)Nc1ccccc1C. The minimum Gasteiger partial charge on any atom is -0.326 e. The number of nitrogens with one attached hydrogen (secondary N) is 2. The molecule has 0 aliphatic heterocycles. The lowest BCUT2D eigenvalue weighted by molar-refractivity contribution is -0.129. The maximum atomic E-state index is 12.6. The maximum absolute atomic E-state index is 12.6. The Bertz CT molecular complexity index is 799. The summed E-state index contributed by atoms with van der Waals surface area (Å²) >= 11 is 0. The highest BCUT2D eigenvalue weighted by atomic mass is 16.2. The summed E-state index contributed by atoms with van der Waals surface area (Å²) in [6.07, 6.45) is 2.17. The summed E-state index contributed by atoms with van der Waals surface area (Å²) in [6.45, 7) is 3.85. The number of para-hydroxylation sites is 1. The molecule has 2 rings (SSSR count). The van der Waals surface area contributed by atoms with Gasteiger partial charge in [-0.3, -0.25) is 4.79 Å². The monoisotopic (exact) mass is 350 g/mol. The zero-order valence-corrected chi connectivity index (χ0v) is 14.9. The normalized spacial score (nSPS) is 11.1. The molecule has 0 spiro atoms. The predicted molar refractivity (Wildman–Crippen MR) is 100 cm³/mol. The Labute approximate surface area is 153 Å². The second-order valence-corrected chi connectivity index (χ2v) is 5.84. The first kappa shape index (κ1) is 19.0. The van der Waals surface area contributed by atoms with Gasteiger partial charge in [0.2, 0.25) is 0 Å². The van der Waals surface area contributed by atoms with E-state index in [1.54, 1.807) is 13.0 Å². The molecule has 0 bridgehead atoms. The average molecular weight is 350 g/mol. The number of urea groups is 1. The van der Waals surface area contributed by atoms with Gasteiger partial charge in [-0.25, -0.2) is 9.69 Å². The van der Waals surface area contributed by atoms with Crippen molar-refractivity contribution in [3.63, 3.8) is 0 Å². The fraction of sp³-hybridized carbons (Fsp3) is 0.250. The van der Waals surface area contributed by atoms with E-state index in [4.69, 9.17) is 5.26 Å². The number of carbonyl (C=O) groups is 2. The fourth-order valence-corrected chi connectivity index (χ4v) is 2.54. The zero-order valence-electron chi connectivity index (χ0n) is 14.9. The third-order valence-corrected chi connectivity index (χ3v) is 3.98. The van der Waals surface area contributed by atoms with Gasteiger partial charge in [-0.1, -0.05) is 48.5 Å². The van der Waals surface area contributed by atoms with Crippen LogP contribution < -0.4 is 10.6 Å². The van der Waals surface area contributed by atoms with Gasteiger partial charge in [0.05, 0.1) is 0 Å². The van der Waals surface area contributed by atoms with Gasteiger partial charge >= 0.3 is 6.03 Å². The summed E-state index contributed by atoms with van der Waals surface area (Å²) < 4.78 is 0. The number of anilines is 1. The van der Waals surface area contributed by atoms with E-state index >= 15 is 0 Å². The van der Waals surface area contributed by atoms with Gasteiger partial charge in [0.15, 0.2) is 6.19 Å². The molecular formula is C20H22N4O2. The largest absolute Gasteiger partial charge is 0.326 e. The van der Waals surface area contributed by atoms with Crippen molar-refractivity contribution in [1.29, 1.82) is 5.26 Å². The van der Waals surface area contributed by atoms with E-state index < -0.39 is 18.0 Å². The number of nitrogens with zero attached hydrogens (tertiary/aromatic N) is 2. The molecule has 0 aliphatic carbocycles. The van der Waals surface area contributed by atoms with Crippen molar-refractivity contribution < 1.29 is 9.59 Å². The van der Waals surface area contributed by atoms with Crippen LogP contribution in [0.15, 0.2) is 54.6 Å². The third kappa shape index (κ3) is 5.08. The smallest absolute Gasteiger partial charge is 0.319 e. The van der Waals surface area contributed by atoms with E-state index in [0.717, 1.165) is 16.0 Å². The number of aryl methyl sites for hydroxylation is 1. The average Bonchev–Trinajstić information content (AvgIpc) is 2.65. The van der Waals surface area contributed by atoms with E-state index in [-0.39, 0.29) is 6.54 Å². The first-order valence-electron chi connectivity index (χ1n) is 8.43. The number of likely N-dealkylation sites (N-methyl/N-ethyl adjacent to an activating group) is 1. The molecule has 0 heterocycles. The Kier molecular flexibility index (Phi) is 6.75. The van der Waals surface area contributed by atoms with Crippen molar-refractivity contribution in [2.75, 3.05) is 11.9 Å². The fourth-order valence-electron chi connectivity index (χ4n) is 2.54. The van der Waals surface area contributed by atoms with Crippen LogP contribution in [0.4, 0.5) is 10.5 Å². The molecule has 3 amide bonds. The number of nitriles is 1. The highest BCUT2D eigenvalue weighted by Gasteiger charge is 2.25. The van der Waals surface area contributed by atoms with Crippen molar-refractivity contribution in [1.82, 2.24) is 10.2 Å². The van der Waals surface area contributed by atoms with Crippen LogP contribution in [0.2, 0.25) is 0 Å². The molecular weight excluding hydrogens is 328 g/mol. The van der Waals surface area contributed by atoms with Crippen molar-refractivity contribution in [2.24, 2.45) is 0 Å². The predicted octanol–water partition coefficient (Wildman–Crippen LogP) is 3.06. The highest BCUT2D eigenvalue weighted by molar-refractivity contribution is 5.94. The van der Waals surface area contributed by atoms with Crippen LogP contribution >= 0.6 is 0 Å². The van der Waals surface area contributed by atoms with Gasteiger partial charge in [0, 0.05) is 18.7 Å².